The van der Waals surface area contributed by atoms with Gasteiger partial charge in [0.2, 0.25) is 0 Å². The van der Waals surface area contributed by atoms with Crippen LogP contribution in [0, 0.1) is 0 Å². The van der Waals surface area contributed by atoms with Crippen molar-refractivity contribution in [1.29, 1.82) is 0 Å². The number of amides is 2. The fourth-order valence-electron chi connectivity index (χ4n) is 2.61. The van der Waals surface area contributed by atoms with Crippen LogP contribution >= 0.6 is 0 Å². The molecule has 0 aliphatic carbocycles. The van der Waals surface area contributed by atoms with Gasteiger partial charge in [-0.05, 0) is 20.8 Å². The first-order valence-corrected chi connectivity index (χ1v) is 8.38. The largest absolute Gasteiger partial charge is 0.450 e. The van der Waals surface area contributed by atoms with Gasteiger partial charge in [0.25, 0.3) is 5.91 Å². The lowest BCUT2D eigenvalue weighted by molar-refractivity contribution is 0.0565. The monoisotopic (exact) mass is 335 g/mol. The molecule has 1 aromatic rings. The van der Waals surface area contributed by atoms with Crippen LogP contribution in [-0.4, -0.2) is 77.6 Å². The Kier molecular flexibility index (Phi) is 6.34. The highest BCUT2D eigenvalue weighted by atomic mass is 16.6. The van der Waals surface area contributed by atoms with Gasteiger partial charge < -0.3 is 19.4 Å². The fraction of sp³-hybridized carbons (Fsp3) is 0.625. The van der Waals surface area contributed by atoms with Crippen molar-refractivity contribution in [1.82, 2.24) is 19.8 Å². The molecule has 1 aliphatic heterocycles. The van der Waals surface area contributed by atoms with Crippen LogP contribution in [0.1, 0.15) is 31.3 Å². The van der Waals surface area contributed by atoms with Crippen molar-refractivity contribution in [3.8, 4) is 0 Å². The summed E-state index contributed by atoms with van der Waals surface area (Å²) < 4.78 is 4.98. The average molecular weight is 335 g/mol. The Balaban J connectivity index is 1.94. The molecule has 132 valence electrons. The third kappa shape index (κ3) is 4.12. The lowest BCUT2D eigenvalue weighted by atomic mass is 10.3. The summed E-state index contributed by atoms with van der Waals surface area (Å²) in [6, 6.07) is 0. The Morgan fingerprint density at radius 3 is 2.17 bits per heavy atom. The minimum absolute atomic E-state index is 0.155. The Labute approximate surface area is 142 Å². The zero-order valence-electron chi connectivity index (χ0n) is 14.6. The molecule has 2 amide bonds. The molecule has 0 radical (unpaired) electrons. The van der Waals surface area contributed by atoms with E-state index in [1.54, 1.807) is 22.9 Å². The molecule has 2 heterocycles. The molecule has 8 nitrogen and oxygen atoms in total. The van der Waals surface area contributed by atoms with Crippen LogP contribution in [0.3, 0.4) is 0 Å². The van der Waals surface area contributed by atoms with E-state index in [2.05, 4.69) is 14.9 Å². The van der Waals surface area contributed by atoms with Gasteiger partial charge in [-0.15, -0.1) is 0 Å². The maximum atomic E-state index is 12.5. The number of aromatic nitrogens is 2. The van der Waals surface area contributed by atoms with E-state index in [9.17, 15) is 9.59 Å². The van der Waals surface area contributed by atoms with Crippen LogP contribution in [-0.2, 0) is 4.74 Å². The van der Waals surface area contributed by atoms with Crippen LogP contribution in [0.25, 0.3) is 0 Å². The van der Waals surface area contributed by atoms with Gasteiger partial charge in [-0.1, -0.05) is 0 Å². The number of nitrogens with zero attached hydrogens (tertiary/aromatic N) is 5. The third-order valence-corrected chi connectivity index (χ3v) is 4.04. The van der Waals surface area contributed by atoms with E-state index in [1.165, 1.54) is 6.20 Å². The van der Waals surface area contributed by atoms with E-state index in [1.807, 2.05) is 13.8 Å². The topological polar surface area (TPSA) is 78.9 Å². The molecule has 0 atom stereocenters. The van der Waals surface area contributed by atoms with Crippen LogP contribution in [0.2, 0.25) is 0 Å². The van der Waals surface area contributed by atoms with Crippen molar-refractivity contribution >= 4 is 17.8 Å². The number of carbonyl (C=O) groups is 2. The molecule has 0 N–H and O–H groups in total. The highest BCUT2D eigenvalue weighted by molar-refractivity contribution is 5.92. The second-order valence-corrected chi connectivity index (χ2v) is 5.41. The van der Waals surface area contributed by atoms with Gasteiger partial charge in [0.05, 0.1) is 19.0 Å². The molecule has 0 aromatic carbocycles. The zero-order chi connectivity index (χ0) is 17.5. The molecule has 1 aromatic heterocycles. The molecule has 0 spiro atoms. The summed E-state index contributed by atoms with van der Waals surface area (Å²) in [5, 5.41) is 0. The number of rotatable bonds is 5. The first kappa shape index (κ1) is 18.0. The Morgan fingerprint density at radius 2 is 1.67 bits per heavy atom. The number of ether oxygens (including phenoxy) is 1. The predicted molar refractivity (Wildman–Crippen MR) is 90.1 cm³/mol. The molecule has 24 heavy (non-hydrogen) atoms. The van der Waals surface area contributed by atoms with E-state index >= 15 is 0 Å². The van der Waals surface area contributed by atoms with Gasteiger partial charge in [0, 0.05) is 39.3 Å². The van der Waals surface area contributed by atoms with Crippen molar-refractivity contribution in [2.45, 2.75) is 20.8 Å². The molecule has 0 unspecified atom stereocenters. The van der Waals surface area contributed by atoms with E-state index in [-0.39, 0.29) is 12.0 Å². The van der Waals surface area contributed by atoms with Crippen molar-refractivity contribution in [3.63, 3.8) is 0 Å². The summed E-state index contributed by atoms with van der Waals surface area (Å²) in [6.45, 7) is 9.78. The lowest BCUT2D eigenvalue weighted by Gasteiger charge is -2.33. The van der Waals surface area contributed by atoms with Crippen molar-refractivity contribution in [3.05, 3.63) is 18.1 Å². The number of hydrogen-bond acceptors (Lipinski definition) is 6. The standard InChI is InChI=1S/C16H25N5O3/c1-4-19(5-2)14-12-17-13(11-18-14)15(22)20-7-9-21(10-8-20)16(23)24-6-3/h11-12H,4-10H2,1-3H3. The molecule has 1 aliphatic rings. The Hall–Kier alpha value is -2.38. The quantitative estimate of drug-likeness (QED) is 0.805. The van der Waals surface area contributed by atoms with Crippen LogP contribution in [0.5, 0.6) is 0 Å². The van der Waals surface area contributed by atoms with Gasteiger partial charge >= 0.3 is 6.09 Å². The van der Waals surface area contributed by atoms with Crippen LogP contribution in [0.4, 0.5) is 10.6 Å². The summed E-state index contributed by atoms with van der Waals surface area (Å²) in [4.78, 5) is 38.1. The summed E-state index contributed by atoms with van der Waals surface area (Å²) in [5.41, 5.74) is 0.329. The molecule has 0 bridgehead atoms. The van der Waals surface area contributed by atoms with E-state index in [0.29, 0.717) is 38.5 Å². The molecule has 8 heteroatoms. The van der Waals surface area contributed by atoms with E-state index in [4.69, 9.17) is 4.74 Å². The zero-order valence-corrected chi connectivity index (χ0v) is 14.6. The minimum atomic E-state index is -0.326. The Morgan fingerprint density at radius 1 is 1.04 bits per heavy atom. The number of hydrogen-bond donors (Lipinski definition) is 0. The van der Waals surface area contributed by atoms with Gasteiger partial charge in [0.15, 0.2) is 0 Å². The maximum Gasteiger partial charge on any atom is 0.409 e. The van der Waals surface area contributed by atoms with Gasteiger partial charge in [-0.25, -0.2) is 14.8 Å². The predicted octanol–water partition coefficient (Wildman–Crippen LogP) is 1.24. The number of piperazine rings is 1. The van der Waals surface area contributed by atoms with Gasteiger partial charge in [-0.3, -0.25) is 4.79 Å². The van der Waals surface area contributed by atoms with Crippen molar-refractivity contribution in [2.75, 3.05) is 50.8 Å². The molecular weight excluding hydrogens is 310 g/mol. The SMILES string of the molecule is CCOC(=O)N1CCN(C(=O)c2cnc(N(CC)CC)cn2)CC1. The average Bonchev–Trinajstić information content (AvgIpc) is 2.63. The minimum Gasteiger partial charge on any atom is -0.450 e. The number of anilines is 1. The highest BCUT2D eigenvalue weighted by Crippen LogP contribution is 2.11. The first-order valence-electron chi connectivity index (χ1n) is 8.38. The summed E-state index contributed by atoms with van der Waals surface area (Å²) in [6.07, 6.45) is 2.83. The van der Waals surface area contributed by atoms with Crippen LogP contribution in [0.15, 0.2) is 12.4 Å². The molecule has 0 saturated carbocycles. The normalized spacial score (nSPS) is 14.5. The summed E-state index contributed by atoms with van der Waals surface area (Å²) >= 11 is 0. The van der Waals surface area contributed by atoms with Crippen molar-refractivity contribution < 1.29 is 14.3 Å². The van der Waals surface area contributed by atoms with Crippen LogP contribution < -0.4 is 4.90 Å². The van der Waals surface area contributed by atoms with Crippen molar-refractivity contribution in [2.24, 2.45) is 0 Å². The summed E-state index contributed by atoms with van der Waals surface area (Å²) in [7, 11) is 0. The smallest absolute Gasteiger partial charge is 0.409 e. The lowest BCUT2D eigenvalue weighted by Crippen LogP contribution is -2.50. The maximum absolute atomic E-state index is 12.5. The van der Waals surface area contributed by atoms with E-state index in [0.717, 1.165) is 18.9 Å². The molecule has 1 fully saturated rings. The summed E-state index contributed by atoms with van der Waals surface area (Å²) in [5.74, 6) is 0.612. The second kappa shape index (κ2) is 8.47. The number of carbonyl (C=O) groups excluding carboxylic acids is 2. The molecule has 1 saturated heterocycles. The first-order chi connectivity index (χ1) is 11.6. The second-order valence-electron chi connectivity index (χ2n) is 5.41. The molecular formula is C16H25N5O3. The Bertz CT molecular complexity index is 551. The molecule has 2 rings (SSSR count). The fourth-order valence-corrected chi connectivity index (χ4v) is 2.61. The van der Waals surface area contributed by atoms with Gasteiger partial charge in [0.1, 0.15) is 11.5 Å². The highest BCUT2D eigenvalue weighted by Gasteiger charge is 2.26. The third-order valence-electron chi connectivity index (χ3n) is 4.04. The van der Waals surface area contributed by atoms with E-state index < -0.39 is 0 Å². The van der Waals surface area contributed by atoms with Gasteiger partial charge in [-0.2, -0.15) is 0 Å².